The van der Waals surface area contributed by atoms with Gasteiger partial charge in [-0.15, -0.1) is 0 Å². The van der Waals surface area contributed by atoms with E-state index < -0.39 is 5.54 Å². The number of anilines is 1. The van der Waals surface area contributed by atoms with Crippen LogP contribution in [0.25, 0.3) is 0 Å². The third-order valence-electron chi connectivity index (χ3n) is 4.06. The quantitative estimate of drug-likeness (QED) is 0.843. The SMILES string of the molecule is CCOC(=O)C1(Nc2ccc(OC)cc2)CC(C)N(C)C1. The van der Waals surface area contributed by atoms with Gasteiger partial charge in [0.05, 0.1) is 13.7 Å². The van der Waals surface area contributed by atoms with Crippen molar-refractivity contribution in [3.63, 3.8) is 0 Å². The summed E-state index contributed by atoms with van der Waals surface area (Å²) in [6.45, 7) is 4.99. The van der Waals surface area contributed by atoms with Gasteiger partial charge < -0.3 is 19.7 Å². The molecular weight excluding hydrogens is 268 g/mol. The molecule has 0 aromatic heterocycles. The van der Waals surface area contributed by atoms with Crippen molar-refractivity contribution in [3.8, 4) is 5.75 Å². The van der Waals surface area contributed by atoms with Gasteiger partial charge in [-0.05, 0) is 51.6 Å². The van der Waals surface area contributed by atoms with Crippen molar-refractivity contribution in [1.82, 2.24) is 4.90 Å². The van der Waals surface area contributed by atoms with Crippen molar-refractivity contribution < 1.29 is 14.3 Å². The zero-order valence-corrected chi connectivity index (χ0v) is 13.2. The highest BCUT2D eigenvalue weighted by atomic mass is 16.5. The number of methoxy groups -OCH3 is 1. The van der Waals surface area contributed by atoms with Gasteiger partial charge in [0.1, 0.15) is 11.3 Å². The van der Waals surface area contributed by atoms with E-state index in [1.165, 1.54) is 0 Å². The van der Waals surface area contributed by atoms with Gasteiger partial charge in [0.2, 0.25) is 0 Å². The zero-order valence-electron chi connectivity index (χ0n) is 13.2. The lowest BCUT2D eigenvalue weighted by molar-refractivity contribution is -0.148. The monoisotopic (exact) mass is 292 g/mol. The highest BCUT2D eigenvalue weighted by Crippen LogP contribution is 2.31. The Balaban J connectivity index is 2.21. The predicted molar refractivity (Wildman–Crippen MR) is 82.7 cm³/mol. The molecule has 1 aliphatic rings. The van der Waals surface area contributed by atoms with Crippen molar-refractivity contribution in [2.24, 2.45) is 0 Å². The van der Waals surface area contributed by atoms with Crippen LogP contribution in [0, 0.1) is 0 Å². The van der Waals surface area contributed by atoms with Crippen molar-refractivity contribution in [3.05, 3.63) is 24.3 Å². The number of nitrogens with zero attached hydrogens (tertiary/aromatic N) is 1. The Kier molecular flexibility index (Phi) is 4.73. The van der Waals surface area contributed by atoms with Crippen LogP contribution in [0.5, 0.6) is 5.75 Å². The predicted octanol–water partition coefficient (Wildman–Crippen LogP) is 2.13. The maximum atomic E-state index is 12.4. The second-order valence-electron chi connectivity index (χ2n) is 5.62. The van der Waals surface area contributed by atoms with Crippen molar-refractivity contribution >= 4 is 11.7 Å². The van der Waals surface area contributed by atoms with E-state index in [-0.39, 0.29) is 5.97 Å². The minimum atomic E-state index is -0.682. The Bertz CT molecular complexity index is 477. The van der Waals surface area contributed by atoms with Gasteiger partial charge in [-0.25, -0.2) is 4.79 Å². The maximum Gasteiger partial charge on any atom is 0.333 e. The van der Waals surface area contributed by atoms with Crippen LogP contribution in [0.15, 0.2) is 24.3 Å². The molecule has 2 rings (SSSR count). The number of carbonyl (C=O) groups is 1. The highest BCUT2D eigenvalue weighted by Gasteiger charge is 2.48. The topological polar surface area (TPSA) is 50.8 Å². The summed E-state index contributed by atoms with van der Waals surface area (Å²) in [5, 5.41) is 3.38. The summed E-state index contributed by atoms with van der Waals surface area (Å²) in [6, 6.07) is 7.93. The molecule has 0 amide bonds. The summed E-state index contributed by atoms with van der Waals surface area (Å²) in [5.74, 6) is 0.611. The molecule has 0 radical (unpaired) electrons. The zero-order chi connectivity index (χ0) is 15.5. The van der Waals surface area contributed by atoms with Gasteiger partial charge in [0.15, 0.2) is 0 Å². The van der Waals surface area contributed by atoms with Gasteiger partial charge in [-0.2, -0.15) is 0 Å². The van der Waals surface area contributed by atoms with E-state index in [1.54, 1.807) is 7.11 Å². The molecular formula is C16H24N2O3. The molecule has 1 N–H and O–H groups in total. The van der Waals surface area contributed by atoms with Gasteiger partial charge in [0, 0.05) is 18.3 Å². The molecule has 21 heavy (non-hydrogen) atoms. The fraction of sp³-hybridized carbons (Fsp3) is 0.562. The highest BCUT2D eigenvalue weighted by molar-refractivity contribution is 5.85. The maximum absolute atomic E-state index is 12.4. The summed E-state index contributed by atoms with van der Waals surface area (Å²) in [4.78, 5) is 14.6. The molecule has 0 spiro atoms. The summed E-state index contributed by atoms with van der Waals surface area (Å²) in [6.07, 6.45) is 0.731. The van der Waals surface area contributed by atoms with Crippen LogP contribution < -0.4 is 10.1 Å². The molecule has 116 valence electrons. The van der Waals surface area contributed by atoms with Crippen LogP contribution in [0.4, 0.5) is 5.69 Å². The van der Waals surface area contributed by atoms with Gasteiger partial charge in [0.25, 0.3) is 0 Å². The molecule has 1 saturated heterocycles. The fourth-order valence-corrected chi connectivity index (χ4v) is 2.82. The first-order chi connectivity index (χ1) is 10.0. The number of esters is 1. The number of benzene rings is 1. The minimum Gasteiger partial charge on any atom is -0.497 e. The first-order valence-corrected chi connectivity index (χ1v) is 7.30. The molecule has 2 atom stereocenters. The molecule has 1 aromatic carbocycles. The summed E-state index contributed by atoms with van der Waals surface area (Å²) in [5.41, 5.74) is 0.213. The summed E-state index contributed by atoms with van der Waals surface area (Å²) >= 11 is 0. The van der Waals surface area contributed by atoms with E-state index in [2.05, 4.69) is 17.1 Å². The van der Waals surface area contributed by atoms with Crippen molar-refractivity contribution in [1.29, 1.82) is 0 Å². The Morgan fingerprint density at radius 2 is 2.10 bits per heavy atom. The number of ether oxygens (including phenoxy) is 2. The van der Waals surface area contributed by atoms with E-state index >= 15 is 0 Å². The van der Waals surface area contributed by atoms with Crippen LogP contribution >= 0.6 is 0 Å². The molecule has 1 aliphatic heterocycles. The van der Waals surface area contributed by atoms with Gasteiger partial charge in [-0.1, -0.05) is 0 Å². The van der Waals surface area contributed by atoms with E-state index in [9.17, 15) is 4.79 Å². The molecule has 5 heteroatoms. The molecule has 1 aromatic rings. The first-order valence-electron chi connectivity index (χ1n) is 7.30. The minimum absolute atomic E-state index is 0.183. The molecule has 0 saturated carbocycles. The molecule has 2 unspecified atom stereocenters. The average Bonchev–Trinajstić information content (AvgIpc) is 2.76. The number of nitrogens with one attached hydrogen (secondary N) is 1. The standard InChI is InChI=1S/C16H24N2O3/c1-5-21-15(19)16(10-12(2)18(3)11-16)17-13-6-8-14(20-4)9-7-13/h6-9,12,17H,5,10-11H2,1-4H3. The third-order valence-corrected chi connectivity index (χ3v) is 4.06. The van der Waals surface area contributed by atoms with Crippen LogP contribution in [0.3, 0.4) is 0 Å². The molecule has 0 bridgehead atoms. The lowest BCUT2D eigenvalue weighted by atomic mass is 9.95. The summed E-state index contributed by atoms with van der Waals surface area (Å²) in [7, 11) is 3.66. The first kappa shape index (κ1) is 15.6. The fourth-order valence-electron chi connectivity index (χ4n) is 2.82. The Morgan fingerprint density at radius 1 is 1.43 bits per heavy atom. The lowest BCUT2D eigenvalue weighted by Crippen LogP contribution is -2.49. The van der Waals surface area contributed by atoms with Crippen LogP contribution in [0.2, 0.25) is 0 Å². The van der Waals surface area contributed by atoms with Crippen LogP contribution in [-0.2, 0) is 9.53 Å². The van der Waals surface area contributed by atoms with Gasteiger partial charge in [-0.3, -0.25) is 0 Å². The number of hydrogen-bond acceptors (Lipinski definition) is 5. The van der Waals surface area contributed by atoms with Crippen LogP contribution in [0.1, 0.15) is 20.3 Å². The largest absolute Gasteiger partial charge is 0.497 e. The van der Waals surface area contributed by atoms with E-state index in [1.807, 2.05) is 38.2 Å². The molecule has 1 fully saturated rings. The Labute approximate surface area is 126 Å². The Hall–Kier alpha value is -1.75. The number of likely N-dealkylation sites (tertiary alicyclic amines) is 1. The van der Waals surface area contributed by atoms with Crippen LogP contribution in [-0.4, -0.2) is 49.8 Å². The third kappa shape index (κ3) is 3.29. The number of rotatable bonds is 5. The summed E-state index contributed by atoms with van der Waals surface area (Å²) < 4.78 is 10.4. The van der Waals surface area contributed by atoms with Gasteiger partial charge >= 0.3 is 5.97 Å². The molecule has 5 nitrogen and oxygen atoms in total. The normalized spacial score (nSPS) is 25.6. The van der Waals surface area contributed by atoms with E-state index in [0.29, 0.717) is 19.2 Å². The smallest absolute Gasteiger partial charge is 0.333 e. The number of hydrogen-bond donors (Lipinski definition) is 1. The molecule has 0 aliphatic carbocycles. The number of carbonyl (C=O) groups excluding carboxylic acids is 1. The Morgan fingerprint density at radius 3 is 2.57 bits per heavy atom. The number of likely N-dealkylation sites (N-methyl/N-ethyl adjacent to an activating group) is 1. The van der Waals surface area contributed by atoms with Crippen molar-refractivity contribution in [2.45, 2.75) is 31.8 Å². The second kappa shape index (κ2) is 6.35. The molecule has 1 heterocycles. The average molecular weight is 292 g/mol. The lowest BCUT2D eigenvalue weighted by Gasteiger charge is -2.29. The van der Waals surface area contributed by atoms with Crippen molar-refractivity contribution in [2.75, 3.05) is 32.6 Å². The second-order valence-corrected chi connectivity index (χ2v) is 5.62. The van der Waals surface area contributed by atoms with E-state index in [4.69, 9.17) is 9.47 Å². The van der Waals surface area contributed by atoms with E-state index in [0.717, 1.165) is 17.9 Å².